The van der Waals surface area contributed by atoms with Gasteiger partial charge in [-0.25, -0.2) is 8.42 Å². The van der Waals surface area contributed by atoms with Crippen molar-refractivity contribution < 1.29 is 18.3 Å². The number of carbonyl (C=O) groups is 1. The van der Waals surface area contributed by atoms with E-state index in [2.05, 4.69) is 0 Å². The van der Waals surface area contributed by atoms with E-state index in [1.54, 1.807) is 0 Å². The summed E-state index contributed by atoms with van der Waals surface area (Å²) in [6.07, 6.45) is -0.0200. The van der Waals surface area contributed by atoms with Gasteiger partial charge in [-0.05, 0) is 6.42 Å². The van der Waals surface area contributed by atoms with Gasteiger partial charge in [0.1, 0.15) is 0 Å². The predicted molar refractivity (Wildman–Crippen MR) is 49.7 cm³/mol. The molecule has 13 heavy (non-hydrogen) atoms. The lowest BCUT2D eigenvalue weighted by Gasteiger charge is -2.18. The Bertz CT molecular complexity index is 302. The highest BCUT2D eigenvalue weighted by Crippen LogP contribution is 2.23. The highest BCUT2D eigenvalue weighted by atomic mass is 35.5. The Hall–Kier alpha value is -0.330. The molecule has 1 unspecified atom stereocenters. The van der Waals surface area contributed by atoms with Crippen molar-refractivity contribution in [3.8, 4) is 0 Å². The average molecular weight is 230 g/mol. The molecule has 1 aliphatic heterocycles. The summed E-state index contributed by atoms with van der Waals surface area (Å²) in [5.74, 6) is -1.24. The van der Waals surface area contributed by atoms with Crippen molar-refractivity contribution in [1.29, 1.82) is 0 Å². The van der Waals surface area contributed by atoms with Crippen LogP contribution in [0.25, 0.3) is 0 Å². The van der Waals surface area contributed by atoms with Crippen LogP contribution in [0.4, 0.5) is 0 Å². The molecular formula is C6H12ClNO4S. The van der Waals surface area contributed by atoms with Crippen LogP contribution in [-0.2, 0) is 14.6 Å². The van der Waals surface area contributed by atoms with Gasteiger partial charge in [-0.15, -0.1) is 12.4 Å². The van der Waals surface area contributed by atoms with E-state index in [0.717, 1.165) is 0 Å². The van der Waals surface area contributed by atoms with Crippen LogP contribution in [0.1, 0.15) is 12.8 Å². The normalized spacial score (nSPS) is 30.8. The van der Waals surface area contributed by atoms with Crippen molar-refractivity contribution in [2.45, 2.75) is 18.4 Å². The van der Waals surface area contributed by atoms with Crippen LogP contribution in [0, 0.1) is 0 Å². The summed E-state index contributed by atoms with van der Waals surface area (Å²) in [7, 11) is -3.09. The molecule has 0 aromatic heterocycles. The van der Waals surface area contributed by atoms with Gasteiger partial charge in [0.2, 0.25) is 0 Å². The molecule has 0 bridgehead atoms. The first-order valence-electron chi connectivity index (χ1n) is 3.54. The maximum atomic E-state index is 11.0. The van der Waals surface area contributed by atoms with E-state index in [9.17, 15) is 13.2 Å². The maximum absolute atomic E-state index is 11.0. The van der Waals surface area contributed by atoms with Crippen LogP contribution in [0.2, 0.25) is 0 Å². The van der Waals surface area contributed by atoms with Crippen molar-refractivity contribution in [2.75, 3.05) is 11.5 Å². The van der Waals surface area contributed by atoms with Gasteiger partial charge in [0.05, 0.1) is 17.9 Å². The summed E-state index contributed by atoms with van der Waals surface area (Å²) in [6.45, 7) is 0. The first-order chi connectivity index (χ1) is 5.33. The zero-order valence-electron chi connectivity index (χ0n) is 6.89. The van der Waals surface area contributed by atoms with Gasteiger partial charge in [0.15, 0.2) is 9.84 Å². The van der Waals surface area contributed by atoms with E-state index in [-0.39, 0.29) is 36.8 Å². The molecule has 0 aromatic carbocycles. The van der Waals surface area contributed by atoms with E-state index < -0.39 is 21.3 Å². The number of carboxylic acid groups (broad SMARTS) is 1. The maximum Gasteiger partial charge on any atom is 0.305 e. The predicted octanol–water partition coefficient (Wildman–Crippen LogP) is -0.601. The number of sulfone groups is 1. The molecule has 1 saturated heterocycles. The summed E-state index contributed by atoms with van der Waals surface area (Å²) in [6, 6.07) is 0. The molecule has 0 aromatic rings. The number of carboxylic acids is 1. The Kier molecular flexibility index (Phi) is 3.71. The van der Waals surface area contributed by atoms with Crippen molar-refractivity contribution in [2.24, 2.45) is 5.73 Å². The van der Waals surface area contributed by atoms with E-state index in [1.807, 2.05) is 0 Å². The van der Waals surface area contributed by atoms with Gasteiger partial charge in [-0.3, -0.25) is 4.79 Å². The minimum Gasteiger partial charge on any atom is -0.481 e. The molecule has 0 amide bonds. The molecule has 78 valence electrons. The molecule has 0 saturated carbocycles. The highest BCUT2D eigenvalue weighted by molar-refractivity contribution is 7.91. The highest BCUT2D eigenvalue weighted by Gasteiger charge is 2.40. The molecule has 1 rings (SSSR count). The molecule has 1 aliphatic rings. The number of hydrogen-bond donors (Lipinski definition) is 2. The number of rotatable bonds is 2. The van der Waals surface area contributed by atoms with Crippen LogP contribution in [0.5, 0.6) is 0 Å². The Balaban J connectivity index is 0.00000144. The molecule has 5 nitrogen and oxygen atoms in total. The van der Waals surface area contributed by atoms with E-state index in [0.29, 0.717) is 0 Å². The van der Waals surface area contributed by atoms with Gasteiger partial charge in [-0.2, -0.15) is 0 Å². The Morgan fingerprint density at radius 3 is 2.38 bits per heavy atom. The first-order valence-corrected chi connectivity index (χ1v) is 5.36. The SMILES string of the molecule is Cl.NC1(CC(=O)O)CCS(=O)(=O)C1. The molecule has 1 heterocycles. The second-order valence-corrected chi connectivity index (χ2v) is 5.46. The third kappa shape index (κ3) is 3.50. The molecule has 7 heteroatoms. The number of aliphatic carboxylic acids is 1. The first kappa shape index (κ1) is 12.7. The van der Waals surface area contributed by atoms with Gasteiger partial charge >= 0.3 is 5.97 Å². The molecule has 0 aliphatic carbocycles. The third-order valence-corrected chi connectivity index (χ3v) is 3.76. The van der Waals surface area contributed by atoms with E-state index in [1.165, 1.54) is 0 Å². The molecule has 0 radical (unpaired) electrons. The van der Waals surface area contributed by atoms with Crippen molar-refractivity contribution >= 4 is 28.2 Å². The van der Waals surface area contributed by atoms with Crippen LogP contribution < -0.4 is 5.73 Å². The Morgan fingerprint density at radius 1 is 1.54 bits per heavy atom. The van der Waals surface area contributed by atoms with Crippen molar-refractivity contribution in [3.05, 3.63) is 0 Å². The lowest BCUT2D eigenvalue weighted by Crippen LogP contribution is -2.43. The summed E-state index contributed by atoms with van der Waals surface area (Å²) in [4.78, 5) is 10.3. The lowest BCUT2D eigenvalue weighted by atomic mass is 9.96. The zero-order valence-corrected chi connectivity index (χ0v) is 8.53. The van der Waals surface area contributed by atoms with E-state index in [4.69, 9.17) is 10.8 Å². The molecule has 1 fully saturated rings. The van der Waals surface area contributed by atoms with Crippen molar-refractivity contribution in [1.82, 2.24) is 0 Å². The number of nitrogens with two attached hydrogens (primary N) is 1. The Labute approximate surface area is 82.6 Å². The molecular weight excluding hydrogens is 218 g/mol. The molecule has 3 N–H and O–H groups in total. The van der Waals surface area contributed by atoms with Crippen LogP contribution in [0.3, 0.4) is 0 Å². The second-order valence-electron chi connectivity index (χ2n) is 3.27. The topological polar surface area (TPSA) is 97.5 Å². The Morgan fingerprint density at radius 2 is 2.08 bits per heavy atom. The summed E-state index contributed by atoms with van der Waals surface area (Å²) >= 11 is 0. The third-order valence-electron chi connectivity index (χ3n) is 1.92. The van der Waals surface area contributed by atoms with Crippen LogP contribution in [-0.4, -0.2) is 36.5 Å². The second kappa shape index (κ2) is 3.81. The lowest BCUT2D eigenvalue weighted by molar-refractivity contribution is -0.138. The summed E-state index contributed by atoms with van der Waals surface area (Å²) in [5, 5.41) is 8.43. The summed E-state index contributed by atoms with van der Waals surface area (Å²) in [5.41, 5.74) is 4.54. The van der Waals surface area contributed by atoms with Crippen LogP contribution >= 0.6 is 12.4 Å². The van der Waals surface area contributed by atoms with E-state index >= 15 is 0 Å². The fourth-order valence-corrected chi connectivity index (χ4v) is 3.37. The average Bonchev–Trinajstić information content (AvgIpc) is 2.03. The summed E-state index contributed by atoms with van der Waals surface area (Å²) < 4.78 is 21.9. The zero-order chi connectivity index (χ0) is 9.41. The van der Waals surface area contributed by atoms with Crippen LogP contribution in [0.15, 0.2) is 0 Å². The minimum absolute atomic E-state index is 0. The fourth-order valence-electron chi connectivity index (χ4n) is 1.38. The largest absolute Gasteiger partial charge is 0.481 e. The smallest absolute Gasteiger partial charge is 0.305 e. The number of hydrogen-bond acceptors (Lipinski definition) is 4. The monoisotopic (exact) mass is 229 g/mol. The number of halogens is 1. The van der Waals surface area contributed by atoms with Gasteiger partial charge in [0.25, 0.3) is 0 Å². The quantitative estimate of drug-likeness (QED) is 0.659. The van der Waals surface area contributed by atoms with Gasteiger partial charge in [-0.1, -0.05) is 0 Å². The fraction of sp³-hybridized carbons (Fsp3) is 0.833. The standard InChI is InChI=1S/C6H11NO4S.ClH/c7-6(3-5(8)9)1-2-12(10,11)4-6;/h1-4,7H2,(H,8,9);1H. The molecule has 1 atom stereocenters. The van der Waals surface area contributed by atoms with Gasteiger partial charge in [0, 0.05) is 5.54 Å². The molecule has 0 spiro atoms. The van der Waals surface area contributed by atoms with Gasteiger partial charge < -0.3 is 10.8 Å². The van der Waals surface area contributed by atoms with Crippen molar-refractivity contribution in [3.63, 3.8) is 0 Å². The minimum atomic E-state index is -3.09.